The molecule has 0 N–H and O–H groups in total. The first-order valence-corrected chi connectivity index (χ1v) is 23.7. The molecular weight excluding hydrogens is 833 g/mol. The van der Waals surface area contributed by atoms with Crippen LogP contribution in [0, 0.1) is 13.8 Å². The Hall–Kier alpha value is -8.78. The predicted molar refractivity (Wildman–Crippen MR) is 291 cm³/mol. The van der Waals surface area contributed by atoms with Crippen molar-refractivity contribution < 1.29 is 4.74 Å². The summed E-state index contributed by atoms with van der Waals surface area (Å²) < 4.78 is 6.71. The molecule has 328 valence electrons. The molecule has 0 fully saturated rings. The van der Waals surface area contributed by atoms with Crippen LogP contribution in [0.4, 0.5) is 0 Å². The van der Waals surface area contributed by atoms with E-state index in [-0.39, 0.29) is 0 Å². The first-order chi connectivity index (χ1) is 34.1. The third-order valence-electron chi connectivity index (χ3n) is 13.1. The summed E-state index contributed by atoms with van der Waals surface area (Å²) in [5.74, 6) is 1.54. The summed E-state index contributed by atoms with van der Waals surface area (Å²) in [5.41, 5.74) is 23.7. The maximum Gasteiger partial charge on any atom is 0.127 e. The third kappa shape index (κ3) is 8.71. The monoisotopic (exact) mass is 882 g/mol. The molecule has 69 heavy (non-hydrogen) atoms. The first-order valence-electron chi connectivity index (χ1n) is 23.7. The highest BCUT2D eigenvalue weighted by atomic mass is 16.5. The summed E-state index contributed by atoms with van der Waals surface area (Å²) >= 11 is 0. The molecule has 0 spiro atoms. The van der Waals surface area contributed by atoms with Gasteiger partial charge in [0, 0.05) is 0 Å². The van der Waals surface area contributed by atoms with Crippen molar-refractivity contribution in [2.45, 2.75) is 13.8 Å². The summed E-state index contributed by atoms with van der Waals surface area (Å²) in [5, 5.41) is 0. The van der Waals surface area contributed by atoms with Crippen molar-refractivity contribution in [1.82, 2.24) is 0 Å². The van der Waals surface area contributed by atoms with Gasteiger partial charge in [-0.3, -0.25) is 0 Å². The first kappa shape index (κ1) is 42.8. The van der Waals surface area contributed by atoms with E-state index in [4.69, 9.17) is 4.74 Å². The quantitative estimate of drug-likeness (QED) is 0.126. The number of hydrogen-bond acceptors (Lipinski definition) is 1. The Bertz CT molecular complexity index is 3510. The highest BCUT2D eigenvalue weighted by Gasteiger charge is 2.25. The minimum absolute atomic E-state index is 0.769. The maximum atomic E-state index is 6.71. The topological polar surface area (TPSA) is 9.23 Å². The molecule has 0 radical (unpaired) electrons. The van der Waals surface area contributed by atoms with Gasteiger partial charge in [-0.05, 0) is 150 Å². The highest BCUT2D eigenvalue weighted by molar-refractivity contribution is 6.08. The second-order valence-electron chi connectivity index (χ2n) is 17.7. The molecule has 0 heterocycles. The molecule has 11 aromatic carbocycles. The predicted octanol–water partition coefficient (Wildman–Crippen LogP) is 19.1. The van der Waals surface area contributed by atoms with Gasteiger partial charge in [0.25, 0.3) is 0 Å². The second-order valence-corrected chi connectivity index (χ2v) is 17.7. The molecule has 0 saturated carbocycles. The minimum atomic E-state index is 0.769. The van der Waals surface area contributed by atoms with Gasteiger partial charge in [0.15, 0.2) is 0 Å². The Morgan fingerprint density at radius 3 is 0.928 bits per heavy atom. The van der Waals surface area contributed by atoms with Gasteiger partial charge in [-0.15, -0.1) is 0 Å². The molecule has 0 unspecified atom stereocenters. The summed E-state index contributed by atoms with van der Waals surface area (Å²) in [4.78, 5) is 0. The van der Waals surface area contributed by atoms with E-state index in [0.717, 1.165) is 33.8 Å². The van der Waals surface area contributed by atoms with Crippen LogP contribution in [0.25, 0.3) is 100 Å². The lowest BCUT2D eigenvalue weighted by Crippen LogP contribution is -1.98. The van der Waals surface area contributed by atoms with E-state index in [1.807, 2.05) is 0 Å². The molecule has 0 saturated heterocycles. The number of aryl methyl sites for hydroxylation is 2. The van der Waals surface area contributed by atoms with Crippen LogP contribution >= 0.6 is 0 Å². The van der Waals surface area contributed by atoms with Gasteiger partial charge in [-0.25, -0.2) is 0 Å². The van der Waals surface area contributed by atoms with Gasteiger partial charge in [-0.2, -0.15) is 0 Å². The third-order valence-corrected chi connectivity index (χ3v) is 13.1. The zero-order valence-corrected chi connectivity index (χ0v) is 38.8. The molecule has 0 aliphatic rings. The van der Waals surface area contributed by atoms with Crippen LogP contribution in [0.3, 0.4) is 0 Å². The molecular formula is C68H50O. The summed E-state index contributed by atoms with van der Waals surface area (Å²) in [6.07, 6.45) is 0. The number of ether oxygens (including phenoxy) is 1. The highest BCUT2D eigenvalue weighted by Crippen LogP contribution is 2.51. The van der Waals surface area contributed by atoms with Crippen molar-refractivity contribution >= 4 is 0 Å². The molecule has 1 nitrogen and oxygen atoms in total. The largest absolute Gasteiger partial charge is 0.457 e. The molecule has 0 atom stereocenters. The van der Waals surface area contributed by atoms with E-state index in [9.17, 15) is 0 Å². The van der Waals surface area contributed by atoms with E-state index in [2.05, 4.69) is 281 Å². The van der Waals surface area contributed by atoms with Gasteiger partial charge < -0.3 is 4.74 Å². The van der Waals surface area contributed by atoms with Crippen LogP contribution < -0.4 is 4.74 Å². The lowest BCUT2D eigenvalue weighted by molar-refractivity contribution is 0.483. The molecule has 0 aliphatic heterocycles. The van der Waals surface area contributed by atoms with Crippen molar-refractivity contribution in [3.05, 3.63) is 278 Å². The number of benzene rings is 11. The molecule has 0 amide bonds. The van der Waals surface area contributed by atoms with Gasteiger partial charge in [0.2, 0.25) is 0 Å². The fraction of sp³-hybridized carbons (Fsp3) is 0.0294. The van der Waals surface area contributed by atoms with Crippen LogP contribution in [-0.2, 0) is 0 Å². The molecule has 11 aromatic rings. The summed E-state index contributed by atoms with van der Waals surface area (Å²) in [7, 11) is 0. The van der Waals surface area contributed by atoms with Crippen molar-refractivity contribution in [2.75, 3.05) is 0 Å². The van der Waals surface area contributed by atoms with Crippen LogP contribution in [0.5, 0.6) is 11.5 Å². The number of hydrogen-bond donors (Lipinski definition) is 0. The minimum Gasteiger partial charge on any atom is -0.457 e. The average Bonchev–Trinajstić information content (AvgIpc) is 3.42. The van der Waals surface area contributed by atoms with E-state index in [1.54, 1.807) is 0 Å². The Morgan fingerprint density at radius 2 is 0.522 bits per heavy atom. The summed E-state index contributed by atoms with van der Waals surface area (Å²) in [6, 6.07) is 95.8. The zero-order valence-electron chi connectivity index (χ0n) is 38.8. The molecule has 0 aliphatic carbocycles. The molecule has 1 heteroatoms. The van der Waals surface area contributed by atoms with E-state index >= 15 is 0 Å². The van der Waals surface area contributed by atoms with Gasteiger partial charge in [0.1, 0.15) is 11.5 Å². The fourth-order valence-electron chi connectivity index (χ4n) is 10.0. The summed E-state index contributed by atoms with van der Waals surface area (Å²) in [6.45, 7) is 4.41. The van der Waals surface area contributed by atoms with Gasteiger partial charge in [0.05, 0.1) is 0 Å². The molecule has 0 aromatic heterocycles. The Morgan fingerprint density at radius 1 is 0.217 bits per heavy atom. The van der Waals surface area contributed by atoms with Crippen LogP contribution in [-0.4, -0.2) is 0 Å². The Labute approximate surface area is 406 Å². The van der Waals surface area contributed by atoms with Crippen molar-refractivity contribution in [1.29, 1.82) is 0 Å². The van der Waals surface area contributed by atoms with E-state index in [0.29, 0.717) is 0 Å². The second kappa shape index (κ2) is 19.2. The maximum absolute atomic E-state index is 6.71. The number of rotatable bonds is 11. The van der Waals surface area contributed by atoms with Gasteiger partial charge in [-0.1, -0.05) is 242 Å². The lowest BCUT2D eigenvalue weighted by atomic mass is 9.79. The van der Waals surface area contributed by atoms with Crippen LogP contribution in [0.2, 0.25) is 0 Å². The standard InChI is InChI=1S/C68H50O/c1-47-22-21-35-57(44-47)62-46-61(50-25-11-4-12-26-50)66(68(54-33-19-8-20-34-54)64(62)52-29-15-6-16-30-52)56-38-42-59(43-39-56)69-58-40-36-55(37-41-58)65-60(49-23-9-3-10-24-49)45-48(2)63(51-27-13-5-14-28-51)67(65)53-31-17-7-18-32-53/h3-46H,1-2H3. The normalized spacial score (nSPS) is 11.0. The molecule has 0 bridgehead atoms. The smallest absolute Gasteiger partial charge is 0.127 e. The SMILES string of the molecule is Cc1cccc(-c2cc(-c3ccccc3)c(-c3ccc(Oc4ccc(-c5c(-c6ccccc6)cc(C)c(-c6ccccc6)c5-c5ccccc5)cc4)cc3)c(-c3ccccc3)c2-c2ccccc2)c1. The van der Waals surface area contributed by atoms with Crippen molar-refractivity contribution in [3.63, 3.8) is 0 Å². The van der Waals surface area contributed by atoms with Crippen LogP contribution in [0.1, 0.15) is 11.1 Å². The lowest BCUT2D eigenvalue weighted by Gasteiger charge is -2.24. The van der Waals surface area contributed by atoms with Crippen LogP contribution in [0.15, 0.2) is 267 Å². The van der Waals surface area contributed by atoms with Gasteiger partial charge >= 0.3 is 0 Å². The van der Waals surface area contributed by atoms with Crippen molar-refractivity contribution in [2.24, 2.45) is 0 Å². The Balaban J connectivity index is 1.03. The fourth-order valence-corrected chi connectivity index (χ4v) is 10.0. The van der Waals surface area contributed by atoms with Crippen molar-refractivity contribution in [3.8, 4) is 112 Å². The van der Waals surface area contributed by atoms with E-state index in [1.165, 1.54) is 89.0 Å². The Kier molecular flexibility index (Phi) is 11.9. The van der Waals surface area contributed by atoms with E-state index < -0.39 is 0 Å². The zero-order chi connectivity index (χ0) is 46.5. The molecule has 11 rings (SSSR count). The average molecular weight is 883 g/mol.